The molecule has 2 rings (SSSR count). The van der Waals surface area contributed by atoms with Crippen LogP contribution < -0.4 is 4.74 Å². The number of ether oxygens (including phenoxy) is 1. The van der Waals surface area contributed by atoms with E-state index in [0.29, 0.717) is 16.9 Å². The van der Waals surface area contributed by atoms with Crippen molar-refractivity contribution in [2.24, 2.45) is 0 Å². The Bertz CT molecular complexity index is 547. The molecule has 96 valence electrons. The van der Waals surface area contributed by atoms with Crippen molar-refractivity contribution in [1.29, 1.82) is 0 Å². The van der Waals surface area contributed by atoms with Gasteiger partial charge in [-0.1, -0.05) is 11.6 Å². The van der Waals surface area contributed by atoms with Crippen LogP contribution in [-0.4, -0.2) is 6.36 Å². The van der Waals surface area contributed by atoms with Gasteiger partial charge >= 0.3 is 6.36 Å². The molecule has 0 aliphatic rings. The van der Waals surface area contributed by atoms with Crippen molar-refractivity contribution in [2.45, 2.75) is 13.3 Å². The fourth-order valence-corrected chi connectivity index (χ4v) is 1.76. The molecule has 0 unspecified atom stereocenters. The Labute approximate surface area is 106 Å². The van der Waals surface area contributed by atoms with E-state index in [2.05, 4.69) is 4.74 Å². The fourth-order valence-electron chi connectivity index (χ4n) is 1.56. The Kier molecular flexibility index (Phi) is 3.26. The highest BCUT2D eigenvalue weighted by Crippen LogP contribution is 2.36. The molecule has 2 aromatic rings. The van der Waals surface area contributed by atoms with Crippen LogP contribution in [0, 0.1) is 6.92 Å². The van der Waals surface area contributed by atoms with Gasteiger partial charge in [0.25, 0.3) is 0 Å². The zero-order valence-corrected chi connectivity index (χ0v) is 9.97. The Morgan fingerprint density at radius 2 is 2.00 bits per heavy atom. The smallest absolute Gasteiger partial charge is 0.464 e. The molecule has 1 aromatic heterocycles. The van der Waals surface area contributed by atoms with E-state index in [9.17, 15) is 13.2 Å². The third kappa shape index (κ3) is 2.79. The van der Waals surface area contributed by atoms with E-state index in [4.69, 9.17) is 16.0 Å². The van der Waals surface area contributed by atoms with Gasteiger partial charge in [0, 0.05) is 5.56 Å². The summed E-state index contributed by atoms with van der Waals surface area (Å²) in [4.78, 5) is 0. The monoisotopic (exact) mass is 276 g/mol. The molecule has 0 bridgehead atoms. The normalized spacial score (nSPS) is 11.6. The number of aryl methyl sites for hydroxylation is 1. The van der Waals surface area contributed by atoms with E-state index >= 15 is 0 Å². The number of alkyl halides is 3. The van der Waals surface area contributed by atoms with Gasteiger partial charge in [-0.15, -0.1) is 13.2 Å². The summed E-state index contributed by atoms with van der Waals surface area (Å²) in [5, 5.41) is -0.121. The molecule has 0 aliphatic carbocycles. The van der Waals surface area contributed by atoms with E-state index in [0.717, 1.165) is 0 Å². The third-order valence-electron chi connectivity index (χ3n) is 2.29. The minimum absolute atomic E-state index is 0.121. The number of halogens is 4. The first-order valence-corrected chi connectivity index (χ1v) is 5.34. The molecule has 0 spiro atoms. The van der Waals surface area contributed by atoms with Crippen molar-refractivity contribution in [2.75, 3.05) is 0 Å². The summed E-state index contributed by atoms with van der Waals surface area (Å²) in [6, 6.07) is 6.00. The minimum Gasteiger partial charge on any atom is -0.464 e. The first-order valence-electron chi connectivity index (χ1n) is 4.96. The lowest BCUT2D eigenvalue weighted by Crippen LogP contribution is -2.17. The van der Waals surface area contributed by atoms with E-state index < -0.39 is 12.1 Å². The first kappa shape index (κ1) is 12.8. The molecule has 0 amide bonds. The minimum atomic E-state index is -4.76. The number of hydrogen-bond acceptors (Lipinski definition) is 2. The molecule has 0 N–H and O–H groups in total. The molecule has 2 nitrogen and oxygen atoms in total. The summed E-state index contributed by atoms with van der Waals surface area (Å²) < 4.78 is 45.4. The van der Waals surface area contributed by atoms with Gasteiger partial charge in [-0.05, 0) is 36.8 Å². The maximum atomic E-state index is 12.1. The highest BCUT2D eigenvalue weighted by Gasteiger charge is 2.32. The zero-order valence-electron chi connectivity index (χ0n) is 9.22. The van der Waals surface area contributed by atoms with Crippen LogP contribution in [0.5, 0.6) is 5.75 Å². The van der Waals surface area contributed by atoms with Gasteiger partial charge < -0.3 is 9.15 Å². The Hall–Kier alpha value is -1.62. The molecule has 0 radical (unpaired) electrons. The summed E-state index contributed by atoms with van der Waals surface area (Å²) in [5.74, 6) is 0.116. The SMILES string of the molecule is Cc1cc(OC(F)(F)F)c(Cl)cc1-c1ccco1. The predicted octanol–water partition coefficient (Wildman–Crippen LogP) is 4.81. The quantitative estimate of drug-likeness (QED) is 0.785. The maximum Gasteiger partial charge on any atom is 0.573 e. The van der Waals surface area contributed by atoms with Crippen molar-refractivity contribution in [3.8, 4) is 17.1 Å². The average molecular weight is 277 g/mol. The lowest BCUT2D eigenvalue weighted by atomic mass is 10.1. The van der Waals surface area contributed by atoms with Gasteiger partial charge in [0.2, 0.25) is 0 Å². The van der Waals surface area contributed by atoms with Gasteiger partial charge in [0.05, 0.1) is 11.3 Å². The Morgan fingerprint density at radius 1 is 1.28 bits per heavy atom. The molecule has 1 heterocycles. The molecular weight excluding hydrogens is 269 g/mol. The van der Waals surface area contributed by atoms with Crippen molar-refractivity contribution in [3.63, 3.8) is 0 Å². The van der Waals surface area contributed by atoms with Crippen LogP contribution in [0.4, 0.5) is 13.2 Å². The number of furan rings is 1. The van der Waals surface area contributed by atoms with E-state index in [-0.39, 0.29) is 5.02 Å². The molecule has 6 heteroatoms. The lowest BCUT2D eigenvalue weighted by Gasteiger charge is -2.12. The van der Waals surface area contributed by atoms with Gasteiger partial charge in [0.15, 0.2) is 0 Å². The molecule has 0 fully saturated rings. The average Bonchev–Trinajstić information content (AvgIpc) is 2.74. The van der Waals surface area contributed by atoms with Crippen molar-refractivity contribution < 1.29 is 22.3 Å². The molecule has 0 saturated carbocycles. The number of hydrogen-bond donors (Lipinski definition) is 0. The van der Waals surface area contributed by atoms with Crippen LogP contribution in [0.2, 0.25) is 5.02 Å². The van der Waals surface area contributed by atoms with Crippen molar-refractivity contribution in [1.82, 2.24) is 0 Å². The summed E-state index contributed by atoms with van der Waals surface area (Å²) >= 11 is 5.76. The van der Waals surface area contributed by atoms with Crippen LogP contribution in [0.15, 0.2) is 34.9 Å². The highest BCUT2D eigenvalue weighted by molar-refractivity contribution is 6.32. The highest BCUT2D eigenvalue weighted by atomic mass is 35.5. The van der Waals surface area contributed by atoms with Crippen LogP contribution in [-0.2, 0) is 0 Å². The van der Waals surface area contributed by atoms with Gasteiger partial charge in [-0.2, -0.15) is 0 Å². The van der Waals surface area contributed by atoms with Crippen molar-refractivity contribution >= 4 is 11.6 Å². The fraction of sp³-hybridized carbons (Fsp3) is 0.167. The van der Waals surface area contributed by atoms with Crippen LogP contribution in [0.1, 0.15) is 5.56 Å². The standard InChI is InChI=1S/C12H8ClF3O2/c1-7-5-11(18-12(14,15)16)9(13)6-8(7)10-3-2-4-17-10/h2-6H,1H3. The van der Waals surface area contributed by atoms with E-state index in [1.165, 1.54) is 18.4 Å². The first-order chi connectivity index (χ1) is 8.37. The number of benzene rings is 1. The Morgan fingerprint density at radius 3 is 2.56 bits per heavy atom. The van der Waals surface area contributed by atoms with Crippen LogP contribution >= 0.6 is 11.6 Å². The molecule has 0 atom stereocenters. The Balaban J connectivity index is 2.41. The van der Waals surface area contributed by atoms with Crippen molar-refractivity contribution in [3.05, 3.63) is 41.1 Å². The molecule has 0 aliphatic heterocycles. The topological polar surface area (TPSA) is 22.4 Å². The van der Waals surface area contributed by atoms with Gasteiger partial charge in [-0.25, -0.2) is 0 Å². The predicted molar refractivity (Wildman–Crippen MR) is 60.6 cm³/mol. The molecule has 1 aromatic carbocycles. The number of rotatable bonds is 2. The molecule has 18 heavy (non-hydrogen) atoms. The van der Waals surface area contributed by atoms with Gasteiger partial charge in [0.1, 0.15) is 11.5 Å². The summed E-state index contributed by atoms with van der Waals surface area (Å²) in [5.41, 5.74) is 1.20. The third-order valence-corrected chi connectivity index (χ3v) is 2.59. The molecular formula is C12H8ClF3O2. The van der Waals surface area contributed by atoms with Gasteiger partial charge in [-0.3, -0.25) is 0 Å². The second-order valence-corrected chi connectivity index (χ2v) is 4.03. The van der Waals surface area contributed by atoms with E-state index in [1.54, 1.807) is 19.1 Å². The second kappa shape index (κ2) is 4.57. The summed E-state index contributed by atoms with van der Waals surface area (Å²) in [6.45, 7) is 1.65. The molecule has 0 saturated heterocycles. The summed E-state index contributed by atoms with van der Waals surface area (Å²) in [6.07, 6.45) is -3.29. The summed E-state index contributed by atoms with van der Waals surface area (Å²) in [7, 11) is 0. The van der Waals surface area contributed by atoms with E-state index in [1.807, 2.05) is 0 Å². The maximum absolute atomic E-state index is 12.1. The zero-order chi connectivity index (χ0) is 13.3. The van der Waals surface area contributed by atoms with Crippen LogP contribution in [0.25, 0.3) is 11.3 Å². The lowest BCUT2D eigenvalue weighted by molar-refractivity contribution is -0.274. The second-order valence-electron chi connectivity index (χ2n) is 3.62. The largest absolute Gasteiger partial charge is 0.573 e. The van der Waals surface area contributed by atoms with Crippen LogP contribution in [0.3, 0.4) is 0 Å².